The summed E-state index contributed by atoms with van der Waals surface area (Å²) in [6.07, 6.45) is 7.89. The monoisotopic (exact) mass is 227 g/mol. The predicted molar refractivity (Wildman–Crippen MR) is 67.8 cm³/mol. The quantitative estimate of drug-likeness (QED) is 0.680. The molecule has 2 aliphatic rings. The van der Waals surface area contributed by atoms with Crippen molar-refractivity contribution in [3.05, 3.63) is 34.9 Å². The molecule has 0 amide bonds. The number of rotatable bonds is 1. The molecule has 0 N–H and O–H groups in total. The van der Waals surface area contributed by atoms with E-state index in [0.29, 0.717) is 6.04 Å². The van der Waals surface area contributed by atoms with Gasteiger partial charge in [0, 0.05) is 24.7 Å². The van der Waals surface area contributed by atoms with Gasteiger partial charge in [-0.1, -0.05) is 12.0 Å². The molecule has 0 spiro atoms. The first kappa shape index (κ1) is 10.8. The number of terminal acetylenes is 1. The third kappa shape index (κ3) is 1.97. The Morgan fingerprint density at radius 3 is 2.88 bits per heavy atom. The number of morpholine rings is 1. The number of ether oxygens (including phenoxy) is 1. The van der Waals surface area contributed by atoms with Crippen LogP contribution in [0.5, 0.6) is 0 Å². The maximum Gasteiger partial charge on any atom is 0.0594 e. The van der Waals surface area contributed by atoms with Crippen LogP contribution in [0.25, 0.3) is 0 Å². The summed E-state index contributed by atoms with van der Waals surface area (Å²) in [6, 6.07) is 7.01. The number of hydrogen-bond acceptors (Lipinski definition) is 2. The van der Waals surface area contributed by atoms with Gasteiger partial charge < -0.3 is 4.74 Å². The van der Waals surface area contributed by atoms with Gasteiger partial charge in [-0.25, -0.2) is 0 Å². The molecule has 88 valence electrons. The Balaban J connectivity index is 1.89. The highest BCUT2D eigenvalue weighted by Gasteiger charge is 2.28. The molecule has 0 saturated carbocycles. The molecule has 1 aromatic carbocycles. The van der Waals surface area contributed by atoms with Gasteiger partial charge in [0.2, 0.25) is 0 Å². The molecule has 0 aromatic heterocycles. The highest BCUT2D eigenvalue weighted by atomic mass is 16.5. The number of benzene rings is 1. The van der Waals surface area contributed by atoms with E-state index in [9.17, 15) is 0 Å². The average molecular weight is 227 g/mol. The van der Waals surface area contributed by atoms with E-state index in [1.807, 2.05) is 0 Å². The van der Waals surface area contributed by atoms with E-state index >= 15 is 0 Å². The van der Waals surface area contributed by atoms with Gasteiger partial charge in [-0.05, 0) is 36.1 Å². The van der Waals surface area contributed by atoms with Gasteiger partial charge in [-0.15, -0.1) is 6.42 Å². The molecule has 1 atom stereocenters. The lowest BCUT2D eigenvalue weighted by Crippen LogP contribution is -2.38. The molecule has 1 heterocycles. The second-order valence-electron chi connectivity index (χ2n) is 4.76. The zero-order chi connectivity index (χ0) is 11.7. The fraction of sp³-hybridized carbons (Fsp3) is 0.467. The van der Waals surface area contributed by atoms with Crippen molar-refractivity contribution in [1.29, 1.82) is 0 Å². The summed E-state index contributed by atoms with van der Waals surface area (Å²) in [5.74, 6) is 2.74. The largest absolute Gasteiger partial charge is 0.379 e. The molecule has 1 aliphatic carbocycles. The summed E-state index contributed by atoms with van der Waals surface area (Å²) in [5, 5.41) is 0. The minimum absolute atomic E-state index is 0.558. The van der Waals surface area contributed by atoms with Gasteiger partial charge >= 0.3 is 0 Å². The first-order valence-corrected chi connectivity index (χ1v) is 6.30. The van der Waals surface area contributed by atoms with Crippen molar-refractivity contribution in [3.8, 4) is 12.3 Å². The van der Waals surface area contributed by atoms with Crippen LogP contribution in [0, 0.1) is 12.3 Å². The van der Waals surface area contributed by atoms with E-state index in [0.717, 1.165) is 31.9 Å². The van der Waals surface area contributed by atoms with Crippen molar-refractivity contribution in [3.63, 3.8) is 0 Å². The SMILES string of the molecule is C#Cc1ccc2c(c1)C(N1CCOCC1)CC2. The number of fused-ring (bicyclic) bond motifs is 1. The molecule has 1 aliphatic heterocycles. The van der Waals surface area contributed by atoms with Gasteiger partial charge in [0.05, 0.1) is 13.2 Å². The molecule has 0 radical (unpaired) electrons. The number of hydrogen-bond donors (Lipinski definition) is 0. The Hall–Kier alpha value is -1.30. The number of aryl methyl sites for hydroxylation is 1. The van der Waals surface area contributed by atoms with Gasteiger partial charge in [0.1, 0.15) is 0 Å². The van der Waals surface area contributed by atoms with Gasteiger partial charge in [0.15, 0.2) is 0 Å². The van der Waals surface area contributed by atoms with E-state index < -0.39 is 0 Å². The smallest absolute Gasteiger partial charge is 0.0594 e. The van der Waals surface area contributed by atoms with Crippen LogP contribution in [0.4, 0.5) is 0 Å². The third-order valence-electron chi connectivity index (χ3n) is 3.85. The van der Waals surface area contributed by atoms with E-state index in [4.69, 9.17) is 11.2 Å². The maximum atomic E-state index is 5.48. The molecule has 17 heavy (non-hydrogen) atoms. The molecule has 3 rings (SSSR count). The summed E-state index contributed by atoms with van der Waals surface area (Å²) < 4.78 is 5.42. The summed E-state index contributed by atoms with van der Waals surface area (Å²) >= 11 is 0. The first-order chi connectivity index (χ1) is 8.38. The summed E-state index contributed by atoms with van der Waals surface area (Å²) in [5.41, 5.74) is 3.92. The maximum absolute atomic E-state index is 5.48. The number of nitrogens with zero attached hydrogens (tertiary/aromatic N) is 1. The summed E-state index contributed by atoms with van der Waals surface area (Å²) in [7, 11) is 0. The van der Waals surface area contributed by atoms with Crippen LogP contribution in [0.3, 0.4) is 0 Å². The Morgan fingerprint density at radius 1 is 1.29 bits per heavy atom. The van der Waals surface area contributed by atoms with E-state index in [2.05, 4.69) is 29.0 Å². The van der Waals surface area contributed by atoms with Crippen LogP contribution in [0.2, 0.25) is 0 Å². The standard InChI is InChI=1S/C15H17NO/c1-2-12-3-4-13-5-6-15(14(13)11-12)16-7-9-17-10-8-16/h1,3-4,11,15H,5-10H2. The second kappa shape index (κ2) is 4.52. The summed E-state index contributed by atoms with van der Waals surface area (Å²) in [6.45, 7) is 3.82. The fourth-order valence-electron chi connectivity index (χ4n) is 2.94. The van der Waals surface area contributed by atoms with Crippen molar-refractivity contribution in [1.82, 2.24) is 4.90 Å². The van der Waals surface area contributed by atoms with Crippen LogP contribution < -0.4 is 0 Å². The van der Waals surface area contributed by atoms with Crippen LogP contribution in [-0.2, 0) is 11.2 Å². The molecule has 1 fully saturated rings. The molecule has 0 bridgehead atoms. The average Bonchev–Trinajstić information content (AvgIpc) is 2.82. The van der Waals surface area contributed by atoms with E-state index in [1.54, 1.807) is 0 Å². The normalized spacial score (nSPS) is 24.3. The van der Waals surface area contributed by atoms with Gasteiger partial charge in [-0.3, -0.25) is 4.90 Å². The second-order valence-corrected chi connectivity index (χ2v) is 4.76. The Kier molecular flexibility index (Phi) is 2.88. The van der Waals surface area contributed by atoms with Crippen molar-refractivity contribution >= 4 is 0 Å². The molecule has 1 saturated heterocycles. The van der Waals surface area contributed by atoms with Crippen LogP contribution in [0.1, 0.15) is 29.2 Å². The lowest BCUT2D eigenvalue weighted by atomic mass is 10.0. The van der Waals surface area contributed by atoms with E-state index in [1.165, 1.54) is 24.0 Å². The molecule has 2 heteroatoms. The highest BCUT2D eigenvalue weighted by molar-refractivity contribution is 5.43. The highest BCUT2D eigenvalue weighted by Crippen LogP contribution is 2.36. The molecular formula is C15H17NO. The van der Waals surface area contributed by atoms with E-state index in [-0.39, 0.29) is 0 Å². The first-order valence-electron chi connectivity index (χ1n) is 6.30. The zero-order valence-electron chi connectivity index (χ0n) is 9.98. The molecular weight excluding hydrogens is 210 g/mol. The van der Waals surface area contributed by atoms with Crippen LogP contribution in [-0.4, -0.2) is 31.2 Å². The summed E-state index contributed by atoms with van der Waals surface area (Å²) in [4.78, 5) is 2.54. The fourth-order valence-corrected chi connectivity index (χ4v) is 2.94. The lowest BCUT2D eigenvalue weighted by Gasteiger charge is -2.32. The minimum atomic E-state index is 0.558. The Bertz CT molecular complexity index is 454. The lowest BCUT2D eigenvalue weighted by molar-refractivity contribution is 0.0164. The zero-order valence-corrected chi connectivity index (χ0v) is 9.98. The molecule has 2 nitrogen and oxygen atoms in total. The van der Waals surface area contributed by atoms with Crippen LogP contribution >= 0.6 is 0 Å². The molecule has 1 unspecified atom stereocenters. The minimum Gasteiger partial charge on any atom is -0.379 e. The van der Waals surface area contributed by atoms with Gasteiger partial charge in [-0.2, -0.15) is 0 Å². The molecule has 1 aromatic rings. The van der Waals surface area contributed by atoms with Crippen molar-refractivity contribution in [2.24, 2.45) is 0 Å². The Labute approximate surface area is 103 Å². The Morgan fingerprint density at radius 2 is 2.12 bits per heavy atom. The van der Waals surface area contributed by atoms with Crippen molar-refractivity contribution in [2.45, 2.75) is 18.9 Å². The predicted octanol–water partition coefficient (Wildman–Crippen LogP) is 1.99. The van der Waals surface area contributed by atoms with Crippen molar-refractivity contribution < 1.29 is 4.74 Å². The third-order valence-corrected chi connectivity index (χ3v) is 3.85. The van der Waals surface area contributed by atoms with Gasteiger partial charge in [0.25, 0.3) is 0 Å². The van der Waals surface area contributed by atoms with Crippen LogP contribution in [0.15, 0.2) is 18.2 Å². The topological polar surface area (TPSA) is 12.5 Å². The van der Waals surface area contributed by atoms with Crippen molar-refractivity contribution in [2.75, 3.05) is 26.3 Å².